The van der Waals surface area contributed by atoms with E-state index >= 15 is 0 Å². The second-order valence-electron chi connectivity index (χ2n) is 4.93. The van der Waals surface area contributed by atoms with E-state index in [-0.39, 0.29) is 0 Å². The van der Waals surface area contributed by atoms with Gasteiger partial charge in [-0.3, -0.25) is 0 Å². The highest BCUT2D eigenvalue weighted by atomic mass is 16.5. The molecule has 0 atom stereocenters. The number of rotatable bonds is 8. The molecule has 0 bridgehead atoms. The lowest BCUT2D eigenvalue weighted by Crippen LogP contribution is -2.16. The van der Waals surface area contributed by atoms with Gasteiger partial charge in [0.25, 0.3) is 0 Å². The summed E-state index contributed by atoms with van der Waals surface area (Å²) < 4.78 is 7.66. The maximum Gasteiger partial charge on any atom is 0.0481 e. The summed E-state index contributed by atoms with van der Waals surface area (Å²) in [5.41, 5.74) is 2.66. The Morgan fingerprint density at radius 2 is 2.05 bits per heavy atom. The molecule has 0 fully saturated rings. The van der Waals surface area contributed by atoms with E-state index in [1.54, 1.807) is 0 Å². The van der Waals surface area contributed by atoms with Crippen LogP contribution in [0.4, 0.5) is 0 Å². The molecule has 0 aliphatic heterocycles. The lowest BCUT2D eigenvalue weighted by atomic mass is 10.2. The molecule has 0 amide bonds. The molecule has 2 rings (SSSR count). The summed E-state index contributed by atoms with van der Waals surface area (Å²) in [6.45, 7) is 5.81. The van der Waals surface area contributed by atoms with Crippen LogP contribution < -0.4 is 5.32 Å². The van der Waals surface area contributed by atoms with E-state index in [0.717, 1.165) is 39.1 Å². The van der Waals surface area contributed by atoms with Crippen LogP contribution in [-0.2, 0) is 18.3 Å². The molecule has 0 saturated carbocycles. The first-order valence-corrected chi connectivity index (χ1v) is 7.14. The van der Waals surface area contributed by atoms with Gasteiger partial charge >= 0.3 is 0 Å². The Balaban J connectivity index is 1.79. The third-order valence-corrected chi connectivity index (χ3v) is 3.29. The zero-order valence-electron chi connectivity index (χ0n) is 12.0. The molecule has 1 heterocycles. The summed E-state index contributed by atoms with van der Waals surface area (Å²) in [6.07, 6.45) is 4.39. The van der Waals surface area contributed by atoms with E-state index in [1.165, 1.54) is 16.5 Å². The Morgan fingerprint density at radius 3 is 2.89 bits per heavy atom. The Bertz CT molecular complexity index is 504. The highest BCUT2D eigenvalue weighted by Gasteiger charge is 2.04. The predicted octanol–water partition coefficient (Wildman–Crippen LogP) is 3.08. The minimum Gasteiger partial charge on any atom is -0.381 e. The van der Waals surface area contributed by atoms with Crippen molar-refractivity contribution in [2.24, 2.45) is 7.05 Å². The molecule has 1 aromatic carbocycles. The zero-order valence-corrected chi connectivity index (χ0v) is 12.0. The van der Waals surface area contributed by atoms with E-state index in [9.17, 15) is 0 Å². The topological polar surface area (TPSA) is 26.2 Å². The van der Waals surface area contributed by atoms with E-state index in [4.69, 9.17) is 4.74 Å². The smallest absolute Gasteiger partial charge is 0.0481 e. The number of hydrogen-bond donors (Lipinski definition) is 1. The van der Waals surface area contributed by atoms with E-state index in [2.05, 4.69) is 54.3 Å². The molecule has 104 valence electrons. The summed E-state index contributed by atoms with van der Waals surface area (Å²) in [4.78, 5) is 0. The standard InChI is InChI=1S/C16H24N2O/c1-3-10-19-11-6-9-17-12-14-13-18(2)16-8-5-4-7-15(14)16/h4-5,7-8,13,17H,3,6,9-12H2,1-2H3. The number of aromatic nitrogens is 1. The number of ether oxygens (including phenoxy) is 1. The Kier molecular flexibility index (Phi) is 5.43. The highest BCUT2D eigenvalue weighted by molar-refractivity contribution is 5.83. The van der Waals surface area contributed by atoms with Gasteiger partial charge in [0.1, 0.15) is 0 Å². The van der Waals surface area contributed by atoms with Crippen LogP contribution in [0.15, 0.2) is 30.5 Å². The number of nitrogens with one attached hydrogen (secondary N) is 1. The number of aryl methyl sites for hydroxylation is 1. The molecular weight excluding hydrogens is 236 g/mol. The third-order valence-electron chi connectivity index (χ3n) is 3.29. The van der Waals surface area contributed by atoms with Gasteiger partial charge in [-0.25, -0.2) is 0 Å². The summed E-state index contributed by atoms with van der Waals surface area (Å²) in [5.74, 6) is 0. The molecule has 0 spiro atoms. The summed E-state index contributed by atoms with van der Waals surface area (Å²) in [7, 11) is 2.10. The number of benzene rings is 1. The number of fused-ring (bicyclic) bond motifs is 1. The summed E-state index contributed by atoms with van der Waals surface area (Å²) in [5, 5.41) is 4.84. The van der Waals surface area contributed by atoms with Crippen LogP contribution in [0.2, 0.25) is 0 Å². The fraction of sp³-hybridized carbons (Fsp3) is 0.500. The molecule has 0 aliphatic carbocycles. The minimum absolute atomic E-state index is 0.858. The molecule has 0 aliphatic rings. The molecule has 3 nitrogen and oxygen atoms in total. The van der Waals surface area contributed by atoms with Gasteiger partial charge in [0.15, 0.2) is 0 Å². The maximum absolute atomic E-state index is 5.47. The van der Waals surface area contributed by atoms with Crippen LogP contribution in [0, 0.1) is 0 Å². The van der Waals surface area contributed by atoms with Crippen molar-refractivity contribution in [3.63, 3.8) is 0 Å². The van der Waals surface area contributed by atoms with Gasteiger partial charge in [-0.15, -0.1) is 0 Å². The highest BCUT2D eigenvalue weighted by Crippen LogP contribution is 2.19. The molecule has 1 N–H and O–H groups in total. The average Bonchev–Trinajstić information content (AvgIpc) is 2.75. The van der Waals surface area contributed by atoms with Crippen LogP contribution in [0.25, 0.3) is 10.9 Å². The Hall–Kier alpha value is -1.32. The van der Waals surface area contributed by atoms with Crippen LogP contribution in [0.1, 0.15) is 25.3 Å². The molecule has 0 unspecified atom stereocenters. The average molecular weight is 260 g/mol. The van der Waals surface area contributed by atoms with Crippen molar-refractivity contribution >= 4 is 10.9 Å². The molecule has 1 aromatic heterocycles. The number of para-hydroxylation sites is 1. The first-order valence-electron chi connectivity index (χ1n) is 7.14. The first kappa shape index (κ1) is 14.1. The van der Waals surface area contributed by atoms with Crippen molar-refractivity contribution in [1.29, 1.82) is 0 Å². The lowest BCUT2D eigenvalue weighted by molar-refractivity contribution is 0.132. The van der Waals surface area contributed by atoms with Gasteiger partial charge in [-0.05, 0) is 31.0 Å². The second kappa shape index (κ2) is 7.31. The van der Waals surface area contributed by atoms with Gasteiger partial charge in [0.05, 0.1) is 0 Å². The molecule has 0 saturated heterocycles. The summed E-state index contributed by atoms with van der Waals surface area (Å²) in [6, 6.07) is 8.54. The van der Waals surface area contributed by atoms with Crippen LogP contribution >= 0.6 is 0 Å². The van der Waals surface area contributed by atoms with Crippen LogP contribution in [-0.4, -0.2) is 24.3 Å². The van der Waals surface area contributed by atoms with E-state index in [0.29, 0.717) is 0 Å². The molecular formula is C16H24N2O. The fourth-order valence-electron chi connectivity index (χ4n) is 2.34. The molecule has 2 aromatic rings. The van der Waals surface area contributed by atoms with Crippen molar-refractivity contribution < 1.29 is 4.74 Å². The van der Waals surface area contributed by atoms with Crippen molar-refractivity contribution in [3.05, 3.63) is 36.0 Å². The second-order valence-corrected chi connectivity index (χ2v) is 4.93. The van der Waals surface area contributed by atoms with Gasteiger partial charge in [0, 0.05) is 43.9 Å². The lowest BCUT2D eigenvalue weighted by Gasteiger charge is -2.04. The van der Waals surface area contributed by atoms with E-state index < -0.39 is 0 Å². The predicted molar refractivity (Wildman–Crippen MR) is 80.4 cm³/mol. The van der Waals surface area contributed by atoms with Crippen LogP contribution in [0.3, 0.4) is 0 Å². The normalized spacial score (nSPS) is 11.3. The molecule has 0 radical (unpaired) electrons. The fourth-order valence-corrected chi connectivity index (χ4v) is 2.34. The monoisotopic (exact) mass is 260 g/mol. The van der Waals surface area contributed by atoms with Crippen molar-refractivity contribution in [2.45, 2.75) is 26.3 Å². The minimum atomic E-state index is 0.858. The molecule has 19 heavy (non-hydrogen) atoms. The largest absolute Gasteiger partial charge is 0.381 e. The molecule has 3 heteroatoms. The van der Waals surface area contributed by atoms with Gasteiger partial charge in [-0.2, -0.15) is 0 Å². The Labute approximate surface area is 115 Å². The maximum atomic E-state index is 5.47. The number of hydrogen-bond acceptors (Lipinski definition) is 2. The van der Waals surface area contributed by atoms with Crippen molar-refractivity contribution in [2.75, 3.05) is 19.8 Å². The SMILES string of the molecule is CCCOCCCNCc1cn(C)c2ccccc12. The van der Waals surface area contributed by atoms with Crippen LogP contribution in [0.5, 0.6) is 0 Å². The third kappa shape index (κ3) is 3.82. The quantitative estimate of drug-likeness (QED) is 0.738. The van der Waals surface area contributed by atoms with E-state index in [1.807, 2.05) is 0 Å². The van der Waals surface area contributed by atoms with Gasteiger partial charge in [0.2, 0.25) is 0 Å². The zero-order chi connectivity index (χ0) is 13.5. The van der Waals surface area contributed by atoms with Crippen molar-refractivity contribution in [1.82, 2.24) is 9.88 Å². The Morgan fingerprint density at radius 1 is 1.21 bits per heavy atom. The first-order chi connectivity index (χ1) is 9.33. The summed E-state index contributed by atoms with van der Waals surface area (Å²) >= 11 is 0. The van der Waals surface area contributed by atoms with Gasteiger partial charge in [-0.1, -0.05) is 25.1 Å². The number of nitrogens with zero attached hydrogens (tertiary/aromatic N) is 1. The van der Waals surface area contributed by atoms with Crippen molar-refractivity contribution in [3.8, 4) is 0 Å². The van der Waals surface area contributed by atoms with Gasteiger partial charge < -0.3 is 14.6 Å².